The van der Waals surface area contributed by atoms with E-state index in [0.29, 0.717) is 4.99 Å². The van der Waals surface area contributed by atoms with Crippen molar-refractivity contribution in [2.75, 3.05) is 13.6 Å². The van der Waals surface area contributed by atoms with Gasteiger partial charge >= 0.3 is 0 Å². The van der Waals surface area contributed by atoms with Crippen LogP contribution < -0.4 is 5.73 Å². The lowest BCUT2D eigenvalue weighted by Crippen LogP contribution is -2.54. The monoisotopic (exact) mass is 280 g/mol. The molecule has 0 aromatic heterocycles. The predicted molar refractivity (Wildman–Crippen MR) is 79.6 cm³/mol. The first kappa shape index (κ1) is 13.3. The van der Waals surface area contributed by atoms with Crippen LogP contribution in [0.4, 0.5) is 0 Å². The number of nitrogens with two attached hydrogens (primary N) is 1. The molecule has 19 heavy (non-hydrogen) atoms. The Morgan fingerprint density at radius 1 is 1.37 bits per heavy atom. The number of hydrogen-bond donors (Lipinski definition) is 1. The zero-order chi connectivity index (χ0) is 13.6. The molecule has 3 nitrogen and oxygen atoms in total. The van der Waals surface area contributed by atoms with Gasteiger partial charge in [0.25, 0.3) is 0 Å². The Hall–Kier alpha value is -0.640. The average molecular weight is 280 g/mol. The summed E-state index contributed by atoms with van der Waals surface area (Å²) < 4.78 is 0. The van der Waals surface area contributed by atoms with Crippen molar-refractivity contribution in [3.05, 3.63) is 0 Å². The molecule has 106 valence electrons. The van der Waals surface area contributed by atoms with Crippen LogP contribution in [-0.4, -0.2) is 29.4 Å². The van der Waals surface area contributed by atoms with E-state index in [1.807, 2.05) is 11.9 Å². The first-order valence-corrected chi connectivity index (χ1v) is 7.99. The topological polar surface area (TPSA) is 46.3 Å². The second kappa shape index (κ2) is 4.72. The zero-order valence-electron chi connectivity index (χ0n) is 11.7. The number of rotatable bonds is 4. The minimum atomic E-state index is -0.498. The summed E-state index contributed by atoms with van der Waals surface area (Å²) >= 11 is 5.14. The van der Waals surface area contributed by atoms with Crippen LogP contribution in [0.2, 0.25) is 0 Å². The zero-order valence-corrected chi connectivity index (χ0v) is 12.5. The van der Waals surface area contributed by atoms with E-state index in [1.54, 1.807) is 0 Å². The van der Waals surface area contributed by atoms with E-state index >= 15 is 0 Å². The summed E-state index contributed by atoms with van der Waals surface area (Å²) in [5.41, 5.74) is 5.33. The van der Waals surface area contributed by atoms with Crippen molar-refractivity contribution < 1.29 is 4.79 Å². The lowest BCUT2D eigenvalue weighted by atomic mass is 9.67. The van der Waals surface area contributed by atoms with Gasteiger partial charge in [0, 0.05) is 13.6 Å². The molecular weight excluding hydrogens is 256 g/mol. The molecular formula is C15H24N2OS. The fourth-order valence-corrected chi connectivity index (χ4v) is 4.79. The fraction of sp³-hybridized carbons (Fsp3) is 0.867. The van der Waals surface area contributed by atoms with Crippen molar-refractivity contribution in [2.45, 2.75) is 44.9 Å². The van der Waals surface area contributed by atoms with Gasteiger partial charge in [0.2, 0.25) is 5.91 Å². The maximum atomic E-state index is 12.6. The summed E-state index contributed by atoms with van der Waals surface area (Å²) in [4.78, 5) is 15.0. The van der Waals surface area contributed by atoms with Crippen LogP contribution in [0.15, 0.2) is 0 Å². The molecule has 3 aliphatic carbocycles. The highest BCUT2D eigenvalue weighted by atomic mass is 32.1. The van der Waals surface area contributed by atoms with Gasteiger partial charge in [-0.15, -0.1) is 0 Å². The highest BCUT2D eigenvalue weighted by Gasteiger charge is 2.49. The number of carbonyl (C=O) groups excluding carboxylic acids is 1. The van der Waals surface area contributed by atoms with E-state index in [9.17, 15) is 4.79 Å². The number of carbonyl (C=O) groups is 1. The number of hydrogen-bond acceptors (Lipinski definition) is 2. The largest absolute Gasteiger partial charge is 0.392 e. The normalized spacial score (nSPS) is 34.9. The molecule has 3 unspecified atom stereocenters. The maximum Gasteiger partial charge on any atom is 0.235 e. The standard InChI is InChI=1S/C15H24N2OS/c1-17(9-12-8-10-3-4-11(12)7-10)14(18)15(13(16)19)5-2-6-15/h10-12H,2-9H2,1H3,(H2,16,19). The number of thiocarbonyl (C=S) groups is 1. The quantitative estimate of drug-likeness (QED) is 0.804. The Bertz CT molecular complexity index is 405. The van der Waals surface area contributed by atoms with Gasteiger partial charge in [-0.05, 0) is 49.9 Å². The summed E-state index contributed by atoms with van der Waals surface area (Å²) in [6, 6.07) is 0. The van der Waals surface area contributed by atoms with Gasteiger partial charge in [-0.2, -0.15) is 0 Å². The molecule has 0 spiro atoms. The highest BCUT2D eigenvalue weighted by Crippen LogP contribution is 2.49. The Balaban J connectivity index is 1.62. The minimum Gasteiger partial charge on any atom is -0.392 e. The van der Waals surface area contributed by atoms with E-state index in [-0.39, 0.29) is 5.91 Å². The Morgan fingerprint density at radius 2 is 2.11 bits per heavy atom. The third kappa shape index (κ3) is 2.08. The van der Waals surface area contributed by atoms with Gasteiger partial charge in [0.15, 0.2) is 0 Å². The first-order chi connectivity index (χ1) is 9.03. The molecule has 0 saturated heterocycles. The molecule has 4 heteroatoms. The molecule has 0 radical (unpaired) electrons. The Labute approximate surface area is 120 Å². The lowest BCUT2D eigenvalue weighted by molar-refractivity contribution is -0.141. The van der Waals surface area contributed by atoms with Crippen molar-refractivity contribution in [3.8, 4) is 0 Å². The lowest BCUT2D eigenvalue weighted by Gasteiger charge is -2.42. The van der Waals surface area contributed by atoms with Gasteiger partial charge in [0.1, 0.15) is 0 Å². The first-order valence-electron chi connectivity index (χ1n) is 7.58. The van der Waals surface area contributed by atoms with Gasteiger partial charge in [-0.1, -0.05) is 25.1 Å². The average Bonchev–Trinajstić information content (AvgIpc) is 2.88. The number of nitrogens with zero attached hydrogens (tertiary/aromatic N) is 1. The minimum absolute atomic E-state index is 0.175. The van der Waals surface area contributed by atoms with Crippen LogP contribution in [0.25, 0.3) is 0 Å². The third-order valence-corrected chi connectivity index (χ3v) is 6.22. The molecule has 3 fully saturated rings. The molecule has 3 saturated carbocycles. The summed E-state index contributed by atoms with van der Waals surface area (Å²) in [5, 5.41) is 0. The van der Waals surface area contributed by atoms with Crippen molar-refractivity contribution in [3.63, 3.8) is 0 Å². The van der Waals surface area contributed by atoms with Crippen LogP contribution in [0.5, 0.6) is 0 Å². The molecule has 3 aliphatic rings. The van der Waals surface area contributed by atoms with Crippen molar-refractivity contribution in [2.24, 2.45) is 28.9 Å². The number of fused-ring (bicyclic) bond motifs is 2. The highest BCUT2D eigenvalue weighted by molar-refractivity contribution is 7.80. The summed E-state index contributed by atoms with van der Waals surface area (Å²) in [5.74, 6) is 2.69. The summed E-state index contributed by atoms with van der Waals surface area (Å²) in [7, 11) is 1.94. The molecule has 0 aromatic carbocycles. The van der Waals surface area contributed by atoms with Crippen LogP contribution in [0.3, 0.4) is 0 Å². The van der Waals surface area contributed by atoms with E-state index in [4.69, 9.17) is 18.0 Å². The van der Waals surface area contributed by atoms with Crippen LogP contribution in [-0.2, 0) is 4.79 Å². The van der Waals surface area contributed by atoms with E-state index < -0.39 is 5.41 Å². The molecule has 2 N–H and O–H groups in total. The van der Waals surface area contributed by atoms with Gasteiger partial charge in [-0.3, -0.25) is 4.79 Å². The Kier molecular flexibility index (Phi) is 3.32. The summed E-state index contributed by atoms with van der Waals surface area (Å²) in [6.45, 7) is 0.907. The van der Waals surface area contributed by atoms with Crippen molar-refractivity contribution >= 4 is 23.1 Å². The maximum absolute atomic E-state index is 12.6. The van der Waals surface area contributed by atoms with Gasteiger partial charge < -0.3 is 10.6 Å². The molecule has 0 aromatic rings. The number of amides is 1. The van der Waals surface area contributed by atoms with Gasteiger partial charge in [-0.25, -0.2) is 0 Å². The Morgan fingerprint density at radius 3 is 2.53 bits per heavy atom. The fourth-order valence-electron chi connectivity index (χ4n) is 4.50. The third-order valence-electron chi connectivity index (χ3n) is 5.83. The molecule has 2 bridgehead atoms. The SMILES string of the molecule is CN(CC1CC2CCC1C2)C(=O)C1(C(N)=S)CCC1. The van der Waals surface area contributed by atoms with Crippen LogP contribution in [0.1, 0.15) is 44.9 Å². The molecule has 3 rings (SSSR count). The smallest absolute Gasteiger partial charge is 0.235 e. The second-order valence-corrected chi connectivity index (χ2v) is 7.36. The summed E-state index contributed by atoms with van der Waals surface area (Å²) in [6.07, 6.45) is 8.28. The van der Waals surface area contributed by atoms with Gasteiger partial charge in [0.05, 0.1) is 10.4 Å². The second-order valence-electron chi connectivity index (χ2n) is 6.92. The molecule has 1 amide bonds. The molecule has 0 aliphatic heterocycles. The van der Waals surface area contributed by atoms with E-state index in [2.05, 4.69) is 0 Å². The van der Waals surface area contributed by atoms with Crippen LogP contribution in [0, 0.1) is 23.2 Å². The molecule has 0 heterocycles. The molecule has 3 atom stereocenters. The van der Waals surface area contributed by atoms with Crippen molar-refractivity contribution in [1.29, 1.82) is 0 Å². The van der Waals surface area contributed by atoms with Crippen molar-refractivity contribution in [1.82, 2.24) is 4.90 Å². The van der Waals surface area contributed by atoms with E-state index in [0.717, 1.165) is 43.6 Å². The predicted octanol–water partition coefficient (Wildman–Crippen LogP) is 2.34. The van der Waals surface area contributed by atoms with E-state index in [1.165, 1.54) is 25.7 Å². The van der Waals surface area contributed by atoms with Crippen LogP contribution >= 0.6 is 12.2 Å².